The molecule has 7 aromatic carbocycles. The Bertz CT molecular complexity index is 2350. The van der Waals surface area contributed by atoms with Crippen LogP contribution in [0, 0.1) is 0 Å². The van der Waals surface area contributed by atoms with Crippen LogP contribution in [0.5, 0.6) is 0 Å². The second kappa shape index (κ2) is 10.2. The third-order valence-electron chi connectivity index (χ3n) is 8.79. The predicted molar refractivity (Wildman–Crippen MR) is 187 cm³/mol. The number of nitrogens with zero attached hydrogens (tertiary/aromatic N) is 1. The lowest BCUT2D eigenvalue weighted by atomic mass is 9.95. The summed E-state index contributed by atoms with van der Waals surface area (Å²) in [5.41, 5.74) is 13.7. The lowest BCUT2D eigenvalue weighted by Crippen LogP contribution is -2.00. The van der Waals surface area contributed by atoms with Crippen LogP contribution < -0.4 is 0 Å². The van der Waals surface area contributed by atoms with Gasteiger partial charge in [0, 0.05) is 20.6 Å². The Morgan fingerprint density at radius 2 is 0.841 bits per heavy atom. The summed E-state index contributed by atoms with van der Waals surface area (Å²) in [6.45, 7) is 0. The second-order valence-electron chi connectivity index (χ2n) is 11.4. The van der Waals surface area contributed by atoms with E-state index >= 15 is 0 Å². The highest BCUT2D eigenvalue weighted by Gasteiger charge is 2.22. The number of hydrogen-bond donors (Lipinski definition) is 0. The Kier molecular flexibility index (Phi) is 5.82. The van der Waals surface area contributed by atoms with Crippen LogP contribution in [0.1, 0.15) is 0 Å². The molecule has 1 aliphatic rings. The molecule has 1 nitrogen and oxygen atoms in total. The molecule has 8 aromatic rings. The fraction of sp³-hybridized carbons (Fsp3) is 0. The summed E-state index contributed by atoms with van der Waals surface area (Å²) in [5.74, 6) is 0. The van der Waals surface area contributed by atoms with Crippen molar-refractivity contribution in [3.05, 3.63) is 164 Å². The van der Waals surface area contributed by atoms with Crippen LogP contribution in [0.4, 0.5) is 0 Å². The lowest BCUT2D eigenvalue weighted by molar-refractivity contribution is 1.09. The van der Waals surface area contributed by atoms with Gasteiger partial charge in [-0.15, -0.1) is 0 Å². The molecule has 0 bridgehead atoms. The maximum Gasteiger partial charge on any atom is 0.0681 e. The third kappa shape index (κ3) is 4.11. The molecule has 206 valence electrons. The Morgan fingerprint density at radius 1 is 0.341 bits per heavy atom. The maximum absolute atomic E-state index is 2.45. The van der Waals surface area contributed by atoms with E-state index in [1.807, 2.05) is 11.8 Å². The zero-order valence-corrected chi connectivity index (χ0v) is 24.8. The van der Waals surface area contributed by atoms with E-state index in [0.29, 0.717) is 0 Å². The van der Waals surface area contributed by atoms with Crippen molar-refractivity contribution in [2.75, 3.05) is 0 Å². The first kappa shape index (κ1) is 25.2. The molecule has 0 atom stereocenters. The van der Waals surface area contributed by atoms with Crippen molar-refractivity contribution in [2.24, 2.45) is 0 Å². The second-order valence-corrected chi connectivity index (χ2v) is 12.5. The summed E-state index contributed by atoms with van der Waals surface area (Å²) < 4.78 is 2.45. The van der Waals surface area contributed by atoms with Crippen molar-refractivity contribution in [3.8, 4) is 50.2 Å². The first-order valence-corrected chi connectivity index (χ1v) is 15.8. The van der Waals surface area contributed by atoms with Gasteiger partial charge in [-0.2, -0.15) is 0 Å². The van der Waals surface area contributed by atoms with Gasteiger partial charge in [0.25, 0.3) is 0 Å². The van der Waals surface area contributed by atoms with Gasteiger partial charge in [0.1, 0.15) is 0 Å². The fourth-order valence-electron chi connectivity index (χ4n) is 6.64. The Balaban J connectivity index is 1.07. The van der Waals surface area contributed by atoms with E-state index in [2.05, 4.69) is 168 Å². The first-order valence-electron chi connectivity index (χ1n) is 15.0. The topological polar surface area (TPSA) is 4.93 Å². The number of benzene rings is 7. The molecule has 9 rings (SSSR count). The highest BCUT2D eigenvalue weighted by atomic mass is 32.2. The van der Waals surface area contributed by atoms with Gasteiger partial charge in [0.05, 0.1) is 16.7 Å². The standard InChI is InChI=1S/C42H27NS/c1-2-9-28(10-3-1)31-11-6-13-33(25-31)34-14-7-12-32(26-34)29-19-21-30(22-20-29)35-23-24-38-37(27-35)36-15-8-18-41-42(36)43(38)39-16-4-5-17-40(39)44-41/h1-27H. The van der Waals surface area contributed by atoms with Gasteiger partial charge in [-0.3, -0.25) is 0 Å². The highest BCUT2D eigenvalue weighted by Crippen LogP contribution is 2.47. The minimum absolute atomic E-state index is 1.22. The molecule has 0 radical (unpaired) electrons. The molecule has 0 amide bonds. The molecule has 0 fully saturated rings. The van der Waals surface area contributed by atoms with E-state index in [1.54, 1.807) is 0 Å². The summed E-state index contributed by atoms with van der Waals surface area (Å²) in [6.07, 6.45) is 0. The molecule has 0 N–H and O–H groups in total. The SMILES string of the molecule is c1ccc(-c2cccc(-c3cccc(-c4ccc(-c5ccc6c(c5)c5cccc7c5n6-c5ccccc5S7)cc4)c3)c2)cc1. The molecule has 0 spiro atoms. The average Bonchev–Trinajstić information content (AvgIpc) is 3.44. The molecule has 0 saturated carbocycles. The van der Waals surface area contributed by atoms with Crippen molar-refractivity contribution in [2.45, 2.75) is 9.79 Å². The lowest BCUT2D eigenvalue weighted by Gasteiger charge is -2.19. The summed E-state index contributed by atoms with van der Waals surface area (Å²) in [5, 5.41) is 2.61. The van der Waals surface area contributed by atoms with Gasteiger partial charge in [-0.05, 0) is 87.0 Å². The quantitative estimate of drug-likeness (QED) is 0.201. The van der Waals surface area contributed by atoms with Crippen LogP contribution in [-0.4, -0.2) is 4.57 Å². The van der Waals surface area contributed by atoms with Crippen LogP contribution in [-0.2, 0) is 0 Å². The van der Waals surface area contributed by atoms with E-state index in [9.17, 15) is 0 Å². The maximum atomic E-state index is 2.45. The fourth-order valence-corrected chi connectivity index (χ4v) is 7.73. The number of fused-ring (bicyclic) bond motifs is 5. The van der Waals surface area contributed by atoms with Gasteiger partial charge in [-0.25, -0.2) is 0 Å². The molecular weight excluding hydrogens is 551 g/mol. The zero-order valence-electron chi connectivity index (χ0n) is 23.9. The van der Waals surface area contributed by atoms with Gasteiger partial charge in [0.2, 0.25) is 0 Å². The van der Waals surface area contributed by atoms with E-state index in [1.165, 1.54) is 81.8 Å². The van der Waals surface area contributed by atoms with Crippen molar-refractivity contribution in [3.63, 3.8) is 0 Å². The van der Waals surface area contributed by atoms with E-state index < -0.39 is 0 Å². The molecule has 2 heterocycles. The Labute approximate surface area is 261 Å². The Hall–Kier alpha value is -5.31. The summed E-state index contributed by atoms with van der Waals surface area (Å²) in [6, 6.07) is 59.6. The molecule has 2 heteroatoms. The molecule has 1 aromatic heterocycles. The largest absolute Gasteiger partial charge is 0.307 e. The molecule has 0 unspecified atom stereocenters. The predicted octanol–water partition coefficient (Wildman–Crippen LogP) is 11.9. The molecule has 44 heavy (non-hydrogen) atoms. The van der Waals surface area contributed by atoms with Crippen LogP contribution in [0.2, 0.25) is 0 Å². The van der Waals surface area contributed by atoms with Crippen LogP contribution >= 0.6 is 11.8 Å². The minimum atomic E-state index is 1.22. The monoisotopic (exact) mass is 577 g/mol. The minimum Gasteiger partial charge on any atom is -0.307 e. The molecule has 0 saturated heterocycles. The van der Waals surface area contributed by atoms with Crippen molar-refractivity contribution >= 4 is 33.6 Å². The number of hydrogen-bond acceptors (Lipinski definition) is 1. The highest BCUT2D eigenvalue weighted by molar-refractivity contribution is 7.99. The Morgan fingerprint density at radius 3 is 1.55 bits per heavy atom. The van der Waals surface area contributed by atoms with Crippen LogP contribution in [0.3, 0.4) is 0 Å². The summed E-state index contributed by atoms with van der Waals surface area (Å²) >= 11 is 1.87. The van der Waals surface area contributed by atoms with E-state index in [-0.39, 0.29) is 0 Å². The zero-order chi connectivity index (χ0) is 29.0. The van der Waals surface area contributed by atoms with Crippen LogP contribution in [0.25, 0.3) is 72.0 Å². The molecular formula is C42H27NS. The van der Waals surface area contributed by atoms with Crippen molar-refractivity contribution in [1.82, 2.24) is 4.57 Å². The molecule has 0 aliphatic carbocycles. The van der Waals surface area contributed by atoms with Gasteiger partial charge >= 0.3 is 0 Å². The smallest absolute Gasteiger partial charge is 0.0681 e. The van der Waals surface area contributed by atoms with Gasteiger partial charge in [-0.1, -0.05) is 133 Å². The summed E-state index contributed by atoms with van der Waals surface area (Å²) in [7, 11) is 0. The van der Waals surface area contributed by atoms with Gasteiger partial charge < -0.3 is 4.57 Å². The van der Waals surface area contributed by atoms with Crippen molar-refractivity contribution < 1.29 is 0 Å². The van der Waals surface area contributed by atoms with E-state index in [4.69, 9.17) is 0 Å². The van der Waals surface area contributed by atoms with E-state index in [0.717, 1.165) is 0 Å². The van der Waals surface area contributed by atoms with Gasteiger partial charge in [0.15, 0.2) is 0 Å². The van der Waals surface area contributed by atoms with Crippen molar-refractivity contribution in [1.29, 1.82) is 0 Å². The third-order valence-corrected chi connectivity index (χ3v) is 9.91. The summed E-state index contributed by atoms with van der Waals surface area (Å²) in [4.78, 5) is 2.62. The normalized spacial score (nSPS) is 12.0. The number of aromatic nitrogens is 1. The molecule has 1 aliphatic heterocycles. The number of para-hydroxylation sites is 2. The number of rotatable bonds is 4. The van der Waals surface area contributed by atoms with Crippen LogP contribution in [0.15, 0.2) is 174 Å². The average molecular weight is 578 g/mol. The first-order chi connectivity index (χ1) is 21.8.